The predicted octanol–water partition coefficient (Wildman–Crippen LogP) is 3.04. The predicted molar refractivity (Wildman–Crippen MR) is 102 cm³/mol. The number of fused-ring (bicyclic) bond motifs is 7. The second kappa shape index (κ2) is 6.00. The largest absolute Gasteiger partial charge is 0.493 e. The summed E-state index contributed by atoms with van der Waals surface area (Å²) in [6.07, 6.45) is 2.19. The molecule has 0 unspecified atom stereocenters. The molecule has 4 heteroatoms. The van der Waals surface area contributed by atoms with Gasteiger partial charge in [0.25, 0.3) is 0 Å². The van der Waals surface area contributed by atoms with Gasteiger partial charge in [0, 0.05) is 25.2 Å². The van der Waals surface area contributed by atoms with Crippen molar-refractivity contribution in [2.45, 2.75) is 37.5 Å². The van der Waals surface area contributed by atoms with Crippen LogP contribution in [0.4, 0.5) is 0 Å². The summed E-state index contributed by atoms with van der Waals surface area (Å²) in [5, 5.41) is 0. The zero-order valence-electron chi connectivity index (χ0n) is 15.7. The third kappa shape index (κ3) is 2.29. The molecule has 0 amide bonds. The second-order valence-electron chi connectivity index (χ2n) is 7.84. The van der Waals surface area contributed by atoms with Crippen molar-refractivity contribution in [1.82, 2.24) is 9.80 Å². The van der Waals surface area contributed by atoms with Gasteiger partial charge in [0.1, 0.15) is 0 Å². The van der Waals surface area contributed by atoms with E-state index in [9.17, 15) is 0 Å². The number of hydrogen-bond acceptors (Lipinski definition) is 4. The highest BCUT2D eigenvalue weighted by molar-refractivity contribution is 5.51. The number of benzene rings is 2. The average molecular weight is 350 g/mol. The van der Waals surface area contributed by atoms with Gasteiger partial charge in [-0.3, -0.25) is 9.80 Å². The Morgan fingerprint density at radius 3 is 2.42 bits per heavy atom. The average Bonchev–Trinajstić information content (AvgIpc) is 2.66. The number of likely N-dealkylation sites (N-methyl/N-ethyl adjacent to an activating group) is 1. The zero-order chi connectivity index (χ0) is 17.8. The molecule has 5 rings (SSSR count). The van der Waals surface area contributed by atoms with Crippen molar-refractivity contribution in [2.24, 2.45) is 0 Å². The van der Waals surface area contributed by atoms with Crippen LogP contribution >= 0.6 is 0 Å². The summed E-state index contributed by atoms with van der Waals surface area (Å²) >= 11 is 0. The van der Waals surface area contributed by atoms with Crippen LogP contribution in [0, 0.1) is 0 Å². The molecule has 2 aromatic carbocycles. The normalized spacial score (nSPS) is 27.3. The van der Waals surface area contributed by atoms with E-state index in [-0.39, 0.29) is 0 Å². The summed E-state index contributed by atoms with van der Waals surface area (Å²) in [4.78, 5) is 5.31. The molecule has 0 N–H and O–H groups in total. The van der Waals surface area contributed by atoms with Crippen LogP contribution in [0.1, 0.15) is 28.3 Å². The molecular weight excluding hydrogens is 324 g/mol. The Labute approximate surface area is 155 Å². The maximum absolute atomic E-state index is 5.61. The number of hydrogen-bond donors (Lipinski definition) is 0. The van der Waals surface area contributed by atoms with Gasteiger partial charge in [0.2, 0.25) is 0 Å². The van der Waals surface area contributed by atoms with Crippen molar-refractivity contribution >= 4 is 0 Å². The minimum Gasteiger partial charge on any atom is -0.493 e. The fourth-order valence-electron chi connectivity index (χ4n) is 5.29. The minimum absolute atomic E-state index is 0.408. The standard InChI is InChI=1S/C22H26N2O2/c1-23-17-8-16-10-20(25-2)21(26-3)11-18(16)22(23)19-9-14-6-4-5-7-15(14)12-24(19)13-17/h4-7,10-11,17,19,22H,8-9,12-13H2,1-3H3/t17-,19+,22+/m0/s1. The number of piperazine rings is 1. The molecule has 2 bridgehead atoms. The van der Waals surface area contributed by atoms with Crippen LogP contribution in [0.15, 0.2) is 36.4 Å². The Hall–Kier alpha value is -2.04. The molecule has 1 saturated heterocycles. The molecule has 26 heavy (non-hydrogen) atoms. The van der Waals surface area contributed by atoms with Crippen LogP contribution in [0.2, 0.25) is 0 Å². The molecule has 3 atom stereocenters. The lowest BCUT2D eigenvalue weighted by Crippen LogP contribution is -2.62. The lowest BCUT2D eigenvalue weighted by Gasteiger charge is -2.55. The molecule has 136 valence electrons. The molecule has 0 aliphatic carbocycles. The second-order valence-corrected chi connectivity index (χ2v) is 7.84. The van der Waals surface area contributed by atoms with Gasteiger partial charge in [-0.15, -0.1) is 0 Å². The van der Waals surface area contributed by atoms with E-state index in [2.05, 4.69) is 53.2 Å². The Bertz CT molecular complexity index is 850. The summed E-state index contributed by atoms with van der Waals surface area (Å²) in [5.74, 6) is 1.69. The van der Waals surface area contributed by atoms with Crippen LogP contribution in [0.5, 0.6) is 11.5 Å². The molecule has 3 heterocycles. The van der Waals surface area contributed by atoms with E-state index in [0.29, 0.717) is 18.1 Å². The summed E-state index contributed by atoms with van der Waals surface area (Å²) in [7, 11) is 5.75. The van der Waals surface area contributed by atoms with E-state index >= 15 is 0 Å². The Morgan fingerprint density at radius 2 is 1.65 bits per heavy atom. The Kier molecular flexibility index (Phi) is 3.73. The summed E-state index contributed by atoms with van der Waals surface area (Å²) < 4.78 is 11.2. The quantitative estimate of drug-likeness (QED) is 0.831. The van der Waals surface area contributed by atoms with Crippen LogP contribution in [0.3, 0.4) is 0 Å². The van der Waals surface area contributed by atoms with Crippen molar-refractivity contribution in [1.29, 1.82) is 0 Å². The first kappa shape index (κ1) is 16.2. The third-order valence-corrected chi connectivity index (χ3v) is 6.63. The molecule has 0 aromatic heterocycles. The highest BCUT2D eigenvalue weighted by atomic mass is 16.5. The maximum Gasteiger partial charge on any atom is 0.161 e. The van der Waals surface area contributed by atoms with Crippen molar-refractivity contribution in [2.75, 3.05) is 27.8 Å². The van der Waals surface area contributed by atoms with Gasteiger partial charge in [-0.05, 0) is 54.3 Å². The van der Waals surface area contributed by atoms with Crippen molar-refractivity contribution in [3.05, 3.63) is 58.7 Å². The van der Waals surface area contributed by atoms with Crippen LogP contribution in [0.25, 0.3) is 0 Å². The van der Waals surface area contributed by atoms with Gasteiger partial charge in [-0.25, -0.2) is 0 Å². The fourth-order valence-corrected chi connectivity index (χ4v) is 5.29. The van der Waals surface area contributed by atoms with Gasteiger partial charge >= 0.3 is 0 Å². The van der Waals surface area contributed by atoms with Crippen LogP contribution in [-0.4, -0.2) is 49.7 Å². The number of nitrogens with zero attached hydrogens (tertiary/aromatic N) is 2. The maximum atomic E-state index is 5.61. The highest BCUT2D eigenvalue weighted by Crippen LogP contribution is 2.46. The van der Waals surface area contributed by atoms with E-state index in [1.165, 1.54) is 22.3 Å². The monoisotopic (exact) mass is 350 g/mol. The fraction of sp³-hybridized carbons (Fsp3) is 0.455. The van der Waals surface area contributed by atoms with E-state index in [1.54, 1.807) is 14.2 Å². The summed E-state index contributed by atoms with van der Waals surface area (Å²) in [6.45, 7) is 2.21. The minimum atomic E-state index is 0.408. The molecule has 0 saturated carbocycles. The Morgan fingerprint density at radius 1 is 0.923 bits per heavy atom. The van der Waals surface area contributed by atoms with Crippen molar-refractivity contribution < 1.29 is 9.47 Å². The molecule has 3 aliphatic rings. The number of rotatable bonds is 2. The molecule has 4 nitrogen and oxygen atoms in total. The first-order valence-corrected chi connectivity index (χ1v) is 9.47. The van der Waals surface area contributed by atoms with E-state index in [0.717, 1.165) is 37.4 Å². The number of ether oxygens (including phenoxy) is 2. The molecule has 0 radical (unpaired) electrons. The first-order valence-electron chi connectivity index (χ1n) is 9.47. The molecule has 2 aromatic rings. The Balaban J connectivity index is 1.61. The van der Waals surface area contributed by atoms with Gasteiger partial charge in [0.05, 0.1) is 20.3 Å². The van der Waals surface area contributed by atoms with E-state index < -0.39 is 0 Å². The van der Waals surface area contributed by atoms with Crippen molar-refractivity contribution in [3.8, 4) is 11.5 Å². The van der Waals surface area contributed by atoms with Crippen LogP contribution in [-0.2, 0) is 19.4 Å². The highest BCUT2D eigenvalue weighted by Gasteiger charge is 2.46. The van der Waals surface area contributed by atoms with Gasteiger partial charge < -0.3 is 9.47 Å². The van der Waals surface area contributed by atoms with Crippen LogP contribution < -0.4 is 9.47 Å². The molecule has 3 aliphatic heterocycles. The molecule has 0 spiro atoms. The third-order valence-electron chi connectivity index (χ3n) is 6.63. The van der Waals surface area contributed by atoms with Gasteiger partial charge in [-0.1, -0.05) is 24.3 Å². The summed E-state index contributed by atoms with van der Waals surface area (Å²) in [6, 6.07) is 14.8. The lowest BCUT2D eigenvalue weighted by molar-refractivity contribution is -0.0271. The topological polar surface area (TPSA) is 24.9 Å². The molecule has 1 fully saturated rings. The molecular formula is C22H26N2O2. The zero-order valence-corrected chi connectivity index (χ0v) is 15.7. The van der Waals surface area contributed by atoms with Crippen molar-refractivity contribution in [3.63, 3.8) is 0 Å². The smallest absolute Gasteiger partial charge is 0.161 e. The SMILES string of the molecule is COc1cc2c(cc1OC)[C@@H]1[C@H]3Cc4ccccc4CN3C[C@H](C2)N1C. The summed E-state index contributed by atoms with van der Waals surface area (Å²) in [5.41, 5.74) is 5.84. The number of methoxy groups -OCH3 is 2. The van der Waals surface area contributed by atoms with E-state index in [4.69, 9.17) is 9.47 Å². The first-order chi connectivity index (χ1) is 12.7. The lowest BCUT2D eigenvalue weighted by atomic mass is 9.77. The van der Waals surface area contributed by atoms with E-state index in [1.807, 2.05) is 0 Å². The van der Waals surface area contributed by atoms with Gasteiger partial charge in [0.15, 0.2) is 11.5 Å². The van der Waals surface area contributed by atoms with Gasteiger partial charge in [-0.2, -0.15) is 0 Å².